The first kappa shape index (κ1) is 14.3. The molecule has 2 aromatic heterocycles. The van der Waals surface area contributed by atoms with Gasteiger partial charge < -0.3 is 16.4 Å². The molecule has 0 unspecified atom stereocenters. The van der Waals surface area contributed by atoms with Crippen LogP contribution in [0.25, 0.3) is 10.1 Å². The highest BCUT2D eigenvalue weighted by molar-refractivity contribution is 7.21. The van der Waals surface area contributed by atoms with Crippen LogP contribution in [0.1, 0.15) is 23.5 Å². The summed E-state index contributed by atoms with van der Waals surface area (Å²) in [6.45, 7) is 3.53. The van der Waals surface area contributed by atoms with Gasteiger partial charge in [0.05, 0.1) is 16.9 Å². The maximum atomic E-state index is 12.5. The molecule has 7 heteroatoms. The number of anilines is 1. The van der Waals surface area contributed by atoms with Gasteiger partial charge in [-0.05, 0) is 19.9 Å². The van der Waals surface area contributed by atoms with E-state index in [2.05, 4.69) is 4.98 Å². The van der Waals surface area contributed by atoms with Crippen LogP contribution in [0.5, 0.6) is 0 Å². The monoisotopic (exact) mass is 292 g/mol. The average Bonchev–Trinajstić information content (AvgIpc) is 2.73. The van der Waals surface area contributed by atoms with E-state index in [4.69, 9.17) is 11.5 Å². The minimum absolute atomic E-state index is 0.123. The molecule has 0 aliphatic rings. The third-order valence-electron chi connectivity index (χ3n) is 2.94. The predicted molar refractivity (Wildman–Crippen MR) is 79.4 cm³/mol. The third kappa shape index (κ3) is 2.57. The van der Waals surface area contributed by atoms with Crippen LogP contribution in [0.4, 0.5) is 5.69 Å². The number of nitrogen functional groups attached to an aromatic ring is 1. The van der Waals surface area contributed by atoms with Crippen molar-refractivity contribution in [1.82, 2.24) is 9.88 Å². The Balaban J connectivity index is 2.43. The molecule has 0 spiro atoms. The Kier molecular flexibility index (Phi) is 3.89. The van der Waals surface area contributed by atoms with Crippen molar-refractivity contribution < 1.29 is 9.59 Å². The van der Waals surface area contributed by atoms with Crippen molar-refractivity contribution >= 4 is 38.9 Å². The number of aromatic nitrogens is 1. The van der Waals surface area contributed by atoms with Gasteiger partial charge in [0.1, 0.15) is 4.88 Å². The first-order chi connectivity index (χ1) is 9.41. The zero-order valence-electron chi connectivity index (χ0n) is 11.3. The second-order valence-corrected chi connectivity index (χ2v) is 5.76. The van der Waals surface area contributed by atoms with E-state index in [1.807, 2.05) is 13.8 Å². The largest absolute Gasteiger partial charge is 0.397 e. The van der Waals surface area contributed by atoms with E-state index in [0.29, 0.717) is 10.6 Å². The average molecular weight is 292 g/mol. The molecule has 0 aliphatic carbocycles. The van der Waals surface area contributed by atoms with Gasteiger partial charge in [0, 0.05) is 23.8 Å². The summed E-state index contributed by atoms with van der Waals surface area (Å²) in [5.74, 6) is -0.828. The molecule has 2 amide bonds. The minimum atomic E-state index is -0.548. The van der Waals surface area contributed by atoms with Crippen molar-refractivity contribution in [2.75, 3.05) is 12.3 Å². The first-order valence-electron chi connectivity index (χ1n) is 6.13. The molecule has 0 saturated heterocycles. The smallest absolute Gasteiger partial charge is 0.266 e. The van der Waals surface area contributed by atoms with Gasteiger partial charge in [-0.25, -0.2) is 0 Å². The zero-order chi connectivity index (χ0) is 14.9. The second-order valence-electron chi connectivity index (χ2n) is 4.71. The lowest BCUT2D eigenvalue weighted by Gasteiger charge is -2.24. The van der Waals surface area contributed by atoms with Crippen LogP contribution < -0.4 is 11.5 Å². The van der Waals surface area contributed by atoms with Gasteiger partial charge in [-0.1, -0.05) is 0 Å². The summed E-state index contributed by atoms with van der Waals surface area (Å²) in [6, 6.07) is 1.63. The van der Waals surface area contributed by atoms with Gasteiger partial charge in [-0.2, -0.15) is 0 Å². The number of hydrogen-bond donors (Lipinski definition) is 2. The van der Waals surface area contributed by atoms with Gasteiger partial charge >= 0.3 is 0 Å². The summed E-state index contributed by atoms with van der Waals surface area (Å²) in [5, 5.41) is 0.802. The molecule has 0 saturated carbocycles. The van der Waals surface area contributed by atoms with Crippen molar-refractivity contribution in [3.05, 3.63) is 23.3 Å². The number of thiophene rings is 1. The summed E-state index contributed by atoms with van der Waals surface area (Å²) < 4.78 is 0.844. The molecule has 0 fully saturated rings. The molecule has 6 nitrogen and oxygen atoms in total. The number of carbonyl (C=O) groups is 2. The number of primary amides is 1. The quantitative estimate of drug-likeness (QED) is 0.884. The molecule has 4 N–H and O–H groups in total. The number of nitrogens with two attached hydrogens (primary N) is 2. The van der Waals surface area contributed by atoms with Crippen molar-refractivity contribution in [3.8, 4) is 0 Å². The Labute approximate surface area is 120 Å². The van der Waals surface area contributed by atoms with Gasteiger partial charge in [0.2, 0.25) is 5.91 Å². The molecule has 106 valence electrons. The van der Waals surface area contributed by atoms with Crippen LogP contribution in [-0.2, 0) is 4.79 Å². The maximum Gasteiger partial charge on any atom is 0.266 e. The number of hydrogen-bond acceptors (Lipinski definition) is 5. The standard InChI is InChI=1S/C13H16N4O2S/c1-7(2)17(6-10(14)18)13(19)12-11(15)8-3-4-16-5-9(8)20-12/h3-5,7H,6,15H2,1-2H3,(H2,14,18). The molecule has 2 heterocycles. The predicted octanol–water partition coefficient (Wildman–Crippen LogP) is 1.21. The van der Waals surface area contributed by atoms with Crippen LogP contribution in [0.3, 0.4) is 0 Å². The maximum absolute atomic E-state index is 12.5. The molecule has 2 rings (SSSR count). The summed E-state index contributed by atoms with van der Waals surface area (Å²) in [7, 11) is 0. The van der Waals surface area contributed by atoms with Crippen LogP contribution in [-0.4, -0.2) is 34.3 Å². The Morgan fingerprint density at radius 2 is 2.15 bits per heavy atom. The van der Waals surface area contributed by atoms with Crippen molar-refractivity contribution in [2.45, 2.75) is 19.9 Å². The lowest BCUT2D eigenvalue weighted by Crippen LogP contribution is -2.42. The summed E-state index contributed by atoms with van der Waals surface area (Å²) in [5.41, 5.74) is 11.6. The summed E-state index contributed by atoms with van der Waals surface area (Å²) in [4.78, 5) is 29.5. The number of carbonyl (C=O) groups excluding carboxylic acids is 2. The van der Waals surface area contributed by atoms with E-state index >= 15 is 0 Å². The van der Waals surface area contributed by atoms with Crippen LogP contribution in [0, 0.1) is 0 Å². The fraction of sp³-hybridized carbons (Fsp3) is 0.308. The van der Waals surface area contributed by atoms with Gasteiger partial charge in [0.25, 0.3) is 5.91 Å². The van der Waals surface area contributed by atoms with Crippen molar-refractivity contribution in [3.63, 3.8) is 0 Å². The van der Waals surface area contributed by atoms with E-state index in [9.17, 15) is 9.59 Å². The van der Waals surface area contributed by atoms with E-state index in [-0.39, 0.29) is 18.5 Å². The number of amides is 2. The highest BCUT2D eigenvalue weighted by atomic mass is 32.1. The number of fused-ring (bicyclic) bond motifs is 1. The normalized spacial score (nSPS) is 10.9. The third-order valence-corrected chi connectivity index (χ3v) is 4.08. The van der Waals surface area contributed by atoms with Crippen molar-refractivity contribution in [1.29, 1.82) is 0 Å². The molecule has 0 aromatic carbocycles. The molecule has 20 heavy (non-hydrogen) atoms. The van der Waals surface area contributed by atoms with E-state index < -0.39 is 5.91 Å². The fourth-order valence-electron chi connectivity index (χ4n) is 1.92. The SMILES string of the molecule is CC(C)N(CC(N)=O)C(=O)c1sc2cnccc2c1N. The first-order valence-corrected chi connectivity index (χ1v) is 6.94. The Bertz CT molecular complexity index is 665. The number of rotatable bonds is 4. The van der Waals surface area contributed by atoms with Crippen LogP contribution in [0.15, 0.2) is 18.5 Å². The molecular formula is C13H16N4O2S. The van der Waals surface area contributed by atoms with Gasteiger partial charge in [-0.15, -0.1) is 11.3 Å². The minimum Gasteiger partial charge on any atom is -0.397 e. The highest BCUT2D eigenvalue weighted by Crippen LogP contribution is 2.33. The molecule has 0 atom stereocenters. The Morgan fingerprint density at radius 1 is 1.45 bits per heavy atom. The highest BCUT2D eigenvalue weighted by Gasteiger charge is 2.25. The molecule has 0 aliphatic heterocycles. The van der Waals surface area contributed by atoms with Crippen molar-refractivity contribution in [2.24, 2.45) is 5.73 Å². The Hall–Kier alpha value is -2.15. The molecular weight excluding hydrogens is 276 g/mol. The number of nitrogens with zero attached hydrogens (tertiary/aromatic N) is 2. The lowest BCUT2D eigenvalue weighted by atomic mass is 10.2. The zero-order valence-corrected chi connectivity index (χ0v) is 12.1. The number of pyridine rings is 1. The Morgan fingerprint density at radius 3 is 2.70 bits per heavy atom. The second kappa shape index (κ2) is 5.46. The molecule has 0 radical (unpaired) electrons. The van der Waals surface area contributed by atoms with Gasteiger partial charge in [-0.3, -0.25) is 14.6 Å². The molecule has 0 bridgehead atoms. The lowest BCUT2D eigenvalue weighted by molar-refractivity contribution is -0.119. The topological polar surface area (TPSA) is 102 Å². The van der Waals surface area contributed by atoms with E-state index in [1.165, 1.54) is 16.2 Å². The summed E-state index contributed by atoms with van der Waals surface area (Å²) >= 11 is 1.27. The van der Waals surface area contributed by atoms with Crippen LogP contribution in [0.2, 0.25) is 0 Å². The molecule has 2 aromatic rings. The van der Waals surface area contributed by atoms with E-state index in [1.54, 1.807) is 18.5 Å². The summed E-state index contributed by atoms with van der Waals surface area (Å²) in [6.07, 6.45) is 3.30. The van der Waals surface area contributed by atoms with Gasteiger partial charge in [0.15, 0.2) is 0 Å². The van der Waals surface area contributed by atoms with E-state index in [0.717, 1.165) is 10.1 Å². The van der Waals surface area contributed by atoms with Crippen LogP contribution >= 0.6 is 11.3 Å². The fourth-order valence-corrected chi connectivity index (χ4v) is 2.96.